The molecule has 3 aromatic rings. The fourth-order valence-electron chi connectivity index (χ4n) is 4.84. The Morgan fingerprint density at radius 1 is 1.09 bits per heavy atom. The van der Waals surface area contributed by atoms with Gasteiger partial charge in [0.1, 0.15) is 5.52 Å². The number of sulfonamides is 1. The van der Waals surface area contributed by atoms with Crippen LogP contribution < -0.4 is 5.32 Å². The van der Waals surface area contributed by atoms with Gasteiger partial charge in [0.15, 0.2) is 5.82 Å². The van der Waals surface area contributed by atoms with E-state index in [4.69, 9.17) is 9.72 Å². The number of morpholine rings is 1. The van der Waals surface area contributed by atoms with Crippen molar-refractivity contribution in [3.63, 3.8) is 0 Å². The number of benzene rings is 1. The number of aromatic nitrogens is 3. The maximum absolute atomic E-state index is 11.9. The molecule has 0 amide bonds. The number of rotatable bonds is 6. The van der Waals surface area contributed by atoms with Gasteiger partial charge in [-0.25, -0.2) is 18.4 Å². The average molecular weight is 497 g/mol. The summed E-state index contributed by atoms with van der Waals surface area (Å²) >= 11 is 0. The lowest BCUT2D eigenvalue weighted by molar-refractivity contribution is 0.00702. The number of hydrogen-bond acceptors (Lipinski definition) is 8. The van der Waals surface area contributed by atoms with Crippen LogP contribution in [0.4, 0.5) is 5.82 Å². The van der Waals surface area contributed by atoms with Crippen LogP contribution in [0, 0.1) is 0 Å². The quantitative estimate of drug-likeness (QED) is 0.556. The molecular formula is C25H32N6O3S. The molecule has 186 valence electrons. The van der Waals surface area contributed by atoms with E-state index >= 15 is 0 Å². The van der Waals surface area contributed by atoms with E-state index in [9.17, 15) is 8.42 Å². The zero-order valence-corrected chi connectivity index (χ0v) is 21.0. The number of likely N-dealkylation sites (tertiary alicyclic amines) is 1. The Morgan fingerprint density at radius 3 is 2.57 bits per heavy atom. The van der Waals surface area contributed by atoms with Crippen LogP contribution >= 0.6 is 0 Å². The number of fused-ring (bicyclic) bond motifs is 1. The molecule has 0 unspecified atom stereocenters. The summed E-state index contributed by atoms with van der Waals surface area (Å²) in [6, 6.07) is 10.7. The molecule has 2 aromatic heterocycles. The fraction of sp³-hybridized carbons (Fsp3) is 0.480. The van der Waals surface area contributed by atoms with Gasteiger partial charge in [0.25, 0.3) is 0 Å². The van der Waals surface area contributed by atoms with E-state index in [1.54, 1.807) is 12.4 Å². The maximum atomic E-state index is 11.9. The first kappa shape index (κ1) is 24.1. The van der Waals surface area contributed by atoms with Gasteiger partial charge >= 0.3 is 0 Å². The van der Waals surface area contributed by atoms with E-state index < -0.39 is 10.0 Å². The van der Waals surface area contributed by atoms with E-state index in [1.807, 2.05) is 6.07 Å². The summed E-state index contributed by atoms with van der Waals surface area (Å²) in [6.45, 7) is 3.76. The van der Waals surface area contributed by atoms with Crippen LogP contribution in [0.3, 0.4) is 0 Å². The van der Waals surface area contributed by atoms with Gasteiger partial charge in [0.05, 0.1) is 30.2 Å². The van der Waals surface area contributed by atoms with Crippen molar-refractivity contribution in [1.82, 2.24) is 24.2 Å². The molecule has 5 rings (SSSR count). The minimum Gasteiger partial charge on any atom is -0.374 e. The summed E-state index contributed by atoms with van der Waals surface area (Å²) in [4.78, 5) is 16.2. The Balaban J connectivity index is 1.36. The highest BCUT2D eigenvalue weighted by Gasteiger charge is 2.26. The molecule has 0 bridgehead atoms. The van der Waals surface area contributed by atoms with Gasteiger partial charge in [-0.3, -0.25) is 4.98 Å². The Kier molecular flexibility index (Phi) is 6.97. The van der Waals surface area contributed by atoms with Crippen LogP contribution in [-0.4, -0.2) is 91.3 Å². The molecule has 1 N–H and O–H groups in total. The molecule has 9 nitrogen and oxygen atoms in total. The first-order chi connectivity index (χ1) is 16.9. The van der Waals surface area contributed by atoms with Gasteiger partial charge in [0.2, 0.25) is 10.0 Å². The monoisotopic (exact) mass is 496 g/mol. The number of pyridine rings is 1. The third kappa shape index (κ3) is 5.61. The highest BCUT2D eigenvalue weighted by Crippen LogP contribution is 2.30. The van der Waals surface area contributed by atoms with Gasteiger partial charge < -0.3 is 15.0 Å². The third-order valence-electron chi connectivity index (χ3n) is 6.92. The van der Waals surface area contributed by atoms with Crippen molar-refractivity contribution >= 4 is 26.9 Å². The number of nitrogens with one attached hydrogen (secondary N) is 1. The topological polar surface area (TPSA) is 101 Å². The van der Waals surface area contributed by atoms with E-state index in [0.29, 0.717) is 43.5 Å². The first-order valence-electron chi connectivity index (χ1n) is 12.1. The van der Waals surface area contributed by atoms with Gasteiger partial charge in [-0.15, -0.1) is 0 Å². The number of ether oxygens (including phenoxy) is 1. The van der Waals surface area contributed by atoms with Crippen LogP contribution in [0.2, 0.25) is 0 Å². The molecule has 0 radical (unpaired) electrons. The number of nitrogens with zero attached hydrogens (tertiary/aromatic N) is 5. The fourth-order valence-corrected chi connectivity index (χ4v) is 5.68. The summed E-state index contributed by atoms with van der Waals surface area (Å²) < 4.78 is 31.1. The predicted molar refractivity (Wildman–Crippen MR) is 137 cm³/mol. The molecule has 0 saturated carbocycles. The molecule has 35 heavy (non-hydrogen) atoms. The molecule has 10 heteroatoms. The van der Waals surface area contributed by atoms with Gasteiger partial charge in [-0.2, -0.15) is 4.31 Å². The maximum Gasteiger partial charge on any atom is 0.211 e. The van der Waals surface area contributed by atoms with E-state index in [0.717, 1.165) is 29.9 Å². The SMILES string of the molecule is CN1CCC(c2ccc(-c3cc4nccnc4c(NC[C@@H]4CN(S(C)(=O)=O)CCO4)n3)cc2)CC1. The van der Waals surface area contributed by atoms with Crippen LogP contribution in [0.1, 0.15) is 24.3 Å². The third-order valence-corrected chi connectivity index (χ3v) is 8.19. The van der Waals surface area contributed by atoms with Gasteiger partial charge in [0, 0.05) is 37.6 Å². The predicted octanol–water partition coefficient (Wildman–Crippen LogP) is 2.57. The average Bonchev–Trinajstić information content (AvgIpc) is 2.87. The largest absolute Gasteiger partial charge is 0.374 e. The second-order valence-electron chi connectivity index (χ2n) is 9.47. The molecule has 4 heterocycles. The van der Waals surface area contributed by atoms with E-state index in [1.165, 1.54) is 29.0 Å². The Morgan fingerprint density at radius 2 is 1.83 bits per heavy atom. The molecule has 2 fully saturated rings. The lowest BCUT2D eigenvalue weighted by Gasteiger charge is -2.31. The van der Waals surface area contributed by atoms with Crippen LogP contribution in [-0.2, 0) is 14.8 Å². The van der Waals surface area contributed by atoms with Crippen molar-refractivity contribution in [1.29, 1.82) is 0 Å². The molecule has 2 aliphatic rings. The highest BCUT2D eigenvalue weighted by molar-refractivity contribution is 7.88. The van der Waals surface area contributed by atoms with Crippen LogP contribution in [0.5, 0.6) is 0 Å². The summed E-state index contributed by atoms with van der Waals surface area (Å²) in [5.74, 6) is 1.22. The van der Waals surface area contributed by atoms with Crippen molar-refractivity contribution in [2.75, 3.05) is 58.0 Å². The highest BCUT2D eigenvalue weighted by atomic mass is 32.2. The smallest absolute Gasteiger partial charge is 0.211 e. The van der Waals surface area contributed by atoms with E-state index in [2.05, 4.69) is 51.5 Å². The second-order valence-corrected chi connectivity index (χ2v) is 11.5. The van der Waals surface area contributed by atoms with Crippen molar-refractivity contribution in [3.05, 3.63) is 48.3 Å². The van der Waals surface area contributed by atoms with Crippen LogP contribution in [0.25, 0.3) is 22.3 Å². The minimum absolute atomic E-state index is 0.274. The Hall–Kier alpha value is -2.66. The number of hydrogen-bond donors (Lipinski definition) is 1. The lowest BCUT2D eigenvalue weighted by Crippen LogP contribution is -2.47. The van der Waals surface area contributed by atoms with Crippen molar-refractivity contribution in [2.24, 2.45) is 0 Å². The van der Waals surface area contributed by atoms with E-state index in [-0.39, 0.29) is 6.10 Å². The van der Waals surface area contributed by atoms with Crippen LogP contribution in [0.15, 0.2) is 42.7 Å². The zero-order chi connectivity index (χ0) is 24.4. The zero-order valence-electron chi connectivity index (χ0n) is 20.2. The summed E-state index contributed by atoms with van der Waals surface area (Å²) in [5.41, 5.74) is 4.65. The molecular weight excluding hydrogens is 464 g/mol. The molecule has 0 aliphatic carbocycles. The van der Waals surface area contributed by atoms with Crippen molar-refractivity contribution in [2.45, 2.75) is 24.9 Å². The van der Waals surface area contributed by atoms with Crippen molar-refractivity contribution < 1.29 is 13.2 Å². The minimum atomic E-state index is -3.25. The molecule has 2 aliphatic heterocycles. The summed E-state index contributed by atoms with van der Waals surface area (Å²) in [5, 5.41) is 3.34. The van der Waals surface area contributed by atoms with Gasteiger partial charge in [-0.05, 0) is 50.5 Å². The molecule has 2 saturated heterocycles. The normalized spacial score (nSPS) is 20.8. The first-order valence-corrected chi connectivity index (χ1v) is 13.9. The second kappa shape index (κ2) is 10.1. The molecule has 1 aromatic carbocycles. The summed E-state index contributed by atoms with van der Waals surface area (Å²) in [6.07, 6.45) is 6.65. The Bertz CT molecular complexity index is 1280. The van der Waals surface area contributed by atoms with Crippen molar-refractivity contribution in [3.8, 4) is 11.3 Å². The number of anilines is 1. The lowest BCUT2D eigenvalue weighted by atomic mass is 9.89. The molecule has 0 spiro atoms. The Labute approximate surface area is 206 Å². The standard InChI is InChI=1S/C25H32N6O3S/c1-30-11-7-19(8-12-30)18-3-5-20(6-4-18)22-15-23-24(27-10-9-26-23)25(29-22)28-16-21-17-31(13-14-34-21)35(2,32)33/h3-6,9-10,15,19,21H,7-8,11-14,16-17H2,1-2H3,(H,28,29)/t21-/m1/s1. The summed E-state index contributed by atoms with van der Waals surface area (Å²) in [7, 11) is -1.07. The molecule has 1 atom stereocenters. The number of piperidine rings is 1. The van der Waals surface area contributed by atoms with Gasteiger partial charge in [-0.1, -0.05) is 24.3 Å².